The number of rotatable bonds is 6. The normalized spacial score (nSPS) is 15.4. The number of anilines is 2. The third-order valence-electron chi connectivity index (χ3n) is 4.97. The highest BCUT2D eigenvalue weighted by Gasteiger charge is 2.45. The van der Waals surface area contributed by atoms with Crippen molar-refractivity contribution >= 4 is 17.3 Å². The van der Waals surface area contributed by atoms with Gasteiger partial charge in [-0.3, -0.25) is 4.79 Å². The van der Waals surface area contributed by atoms with E-state index in [1.165, 1.54) is 0 Å². The summed E-state index contributed by atoms with van der Waals surface area (Å²) < 4.78 is 0. The molecule has 4 heteroatoms. The summed E-state index contributed by atoms with van der Waals surface area (Å²) in [5.74, 6) is 0.0800. The van der Waals surface area contributed by atoms with Crippen LogP contribution < -0.4 is 10.2 Å². The number of nitrogens with one attached hydrogen (secondary N) is 1. The molecule has 4 nitrogen and oxygen atoms in total. The second-order valence-corrected chi connectivity index (χ2v) is 6.45. The molecule has 2 N–H and O–H groups in total. The first-order valence-electron chi connectivity index (χ1n) is 8.45. The van der Waals surface area contributed by atoms with Crippen molar-refractivity contribution < 1.29 is 9.90 Å². The van der Waals surface area contributed by atoms with E-state index >= 15 is 0 Å². The smallest absolute Gasteiger partial charge is 0.235 e. The number of nitrogens with zero attached hydrogens (tertiary/aromatic N) is 1. The van der Waals surface area contributed by atoms with Crippen LogP contribution in [0.15, 0.2) is 54.6 Å². The van der Waals surface area contributed by atoms with Crippen molar-refractivity contribution in [3.05, 3.63) is 60.2 Å². The minimum Gasteiger partial charge on any atom is -0.395 e. The zero-order chi connectivity index (χ0) is 17.0. The molecule has 126 valence electrons. The Balaban J connectivity index is 1.72. The van der Waals surface area contributed by atoms with Crippen LogP contribution in [0.3, 0.4) is 0 Å². The summed E-state index contributed by atoms with van der Waals surface area (Å²) in [6.07, 6.45) is 2.90. The molecule has 24 heavy (non-hydrogen) atoms. The zero-order valence-electron chi connectivity index (χ0n) is 14.0. The number of amides is 1. The van der Waals surface area contributed by atoms with E-state index in [0.717, 1.165) is 36.2 Å². The zero-order valence-corrected chi connectivity index (χ0v) is 14.0. The second kappa shape index (κ2) is 7.05. The first kappa shape index (κ1) is 16.5. The fourth-order valence-electron chi connectivity index (χ4n) is 3.26. The first-order chi connectivity index (χ1) is 11.7. The maximum Gasteiger partial charge on any atom is 0.235 e. The molecule has 0 bridgehead atoms. The second-order valence-electron chi connectivity index (χ2n) is 6.45. The Bertz CT molecular complexity index is 679. The molecule has 2 aromatic rings. The van der Waals surface area contributed by atoms with Gasteiger partial charge in [-0.2, -0.15) is 0 Å². The maximum absolute atomic E-state index is 12.9. The first-order valence-corrected chi connectivity index (χ1v) is 8.45. The molecule has 0 spiro atoms. The van der Waals surface area contributed by atoms with Gasteiger partial charge in [0.15, 0.2) is 0 Å². The van der Waals surface area contributed by atoms with Crippen molar-refractivity contribution in [2.24, 2.45) is 0 Å². The molecule has 0 aliphatic heterocycles. The molecule has 0 atom stereocenters. The monoisotopic (exact) mass is 324 g/mol. The van der Waals surface area contributed by atoms with Crippen LogP contribution in [0.25, 0.3) is 0 Å². The quantitative estimate of drug-likeness (QED) is 0.858. The van der Waals surface area contributed by atoms with Gasteiger partial charge in [-0.25, -0.2) is 0 Å². The predicted molar refractivity (Wildman–Crippen MR) is 97.4 cm³/mol. The topological polar surface area (TPSA) is 52.6 Å². The van der Waals surface area contributed by atoms with Gasteiger partial charge in [0.1, 0.15) is 0 Å². The summed E-state index contributed by atoms with van der Waals surface area (Å²) in [6.45, 7) is 0.706. The van der Waals surface area contributed by atoms with Gasteiger partial charge in [0.2, 0.25) is 5.91 Å². The van der Waals surface area contributed by atoms with E-state index in [9.17, 15) is 4.79 Å². The van der Waals surface area contributed by atoms with Gasteiger partial charge in [0.05, 0.1) is 12.0 Å². The van der Waals surface area contributed by atoms with Crippen molar-refractivity contribution in [3.63, 3.8) is 0 Å². The van der Waals surface area contributed by atoms with E-state index in [2.05, 4.69) is 5.32 Å². The highest BCUT2D eigenvalue weighted by atomic mass is 16.3. The molecule has 0 radical (unpaired) electrons. The summed E-state index contributed by atoms with van der Waals surface area (Å²) in [5.41, 5.74) is 2.55. The van der Waals surface area contributed by atoms with Crippen molar-refractivity contribution in [2.45, 2.75) is 24.7 Å². The fourth-order valence-corrected chi connectivity index (χ4v) is 3.26. The van der Waals surface area contributed by atoms with Gasteiger partial charge in [0, 0.05) is 25.0 Å². The van der Waals surface area contributed by atoms with E-state index in [1.807, 2.05) is 66.5 Å². The van der Waals surface area contributed by atoms with Gasteiger partial charge < -0.3 is 15.3 Å². The number of aliphatic hydroxyl groups excluding tert-OH is 1. The van der Waals surface area contributed by atoms with Crippen molar-refractivity contribution in [3.8, 4) is 0 Å². The maximum atomic E-state index is 12.9. The molecule has 0 unspecified atom stereocenters. The van der Waals surface area contributed by atoms with Gasteiger partial charge in [-0.15, -0.1) is 0 Å². The Labute approximate surface area is 143 Å². The van der Waals surface area contributed by atoms with E-state index < -0.39 is 0 Å². The van der Waals surface area contributed by atoms with Crippen molar-refractivity contribution in [2.75, 3.05) is 30.4 Å². The van der Waals surface area contributed by atoms with Gasteiger partial charge >= 0.3 is 0 Å². The fraction of sp³-hybridized carbons (Fsp3) is 0.350. The molecule has 1 aliphatic carbocycles. The number of likely N-dealkylation sites (N-methyl/N-ethyl adjacent to an activating group) is 1. The summed E-state index contributed by atoms with van der Waals surface area (Å²) in [5, 5.41) is 12.1. The van der Waals surface area contributed by atoms with Gasteiger partial charge in [-0.1, -0.05) is 36.8 Å². The van der Waals surface area contributed by atoms with Crippen LogP contribution in [0, 0.1) is 0 Å². The van der Waals surface area contributed by atoms with Crippen LogP contribution >= 0.6 is 0 Å². The molecule has 0 aromatic heterocycles. The largest absolute Gasteiger partial charge is 0.395 e. The number of carbonyl (C=O) groups excluding carboxylic acids is 1. The average molecular weight is 324 g/mol. The Kier molecular flexibility index (Phi) is 4.86. The van der Waals surface area contributed by atoms with E-state index in [-0.39, 0.29) is 17.9 Å². The number of benzene rings is 2. The molecule has 1 fully saturated rings. The molecular formula is C20H24N2O2. The Hall–Kier alpha value is -2.33. The molecular weight excluding hydrogens is 300 g/mol. The lowest BCUT2D eigenvalue weighted by Crippen LogP contribution is -2.45. The lowest BCUT2D eigenvalue weighted by molar-refractivity contribution is -0.124. The average Bonchev–Trinajstić information content (AvgIpc) is 2.56. The predicted octanol–water partition coefficient (Wildman–Crippen LogP) is 3.18. The molecule has 0 saturated heterocycles. The van der Waals surface area contributed by atoms with Crippen molar-refractivity contribution in [1.29, 1.82) is 0 Å². The molecule has 1 amide bonds. The number of aliphatic hydroxyl groups is 1. The number of hydrogen-bond donors (Lipinski definition) is 2. The van der Waals surface area contributed by atoms with Crippen LogP contribution in [0.1, 0.15) is 24.8 Å². The summed E-state index contributed by atoms with van der Waals surface area (Å²) in [4.78, 5) is 14.9. The Morgan fingerprint density at radius 3 is 2.33 bits per heavy atom. The van der Waals surface area contributed by atoms with Crippen molar-refractivity contribution in [1.82, 2.24) is 0 Å². The Morgan fingerprint density at radius 1 is 1.12 bits per heavy atom. The standard InChI is InChI=1S/C20H24N2O2/c1-22(14-15-23)18-10-8-17(9-11-18)21-19(24)20(12-5-13-20)16-6-3-2-4-7-16/h2-4,6-11,23H,5,12-15H2,1H3,(H,21,24). The molecule has 1 saturated carbocycles. The number of hydrogen-bond acceptors (Lipinski definition) is 3. The summed E-state index contributed by atoms with van der Waals surface area (Å²) >= 11 is 0. The van der Waals surface area contributed by atoms with Crippen LogP contribution in [-0.4, -0.2) is 31.2 Å². The minimum atomic E-state index is -0.381. The Morgan fingerprint density at radius 2 is 1.79 bits per heavy atom. The lowest BCUT2D eigenvalue weighted by atomic mass is 9.64. The highest BCUT2D eigenvalue weighted by molar-refractivity contribution is 6.00. The van der Waals surface area contributed by atoms with Crippen LogP contribution in [-0.2, 0) is 10.2 Å². The van der Waals surface area contributed by atoms with E-state index in [4.69, 9.17) is 5.11 Å². The van der Waals surface area contributed by atoms with Crippen LogP contribution in [0.4, 0.5) is 11.4 Å². The van der Waals surface area contributed by atoms with E-state index in [1.54, 1.807) is 0 Å². The summed E-state index contributed by atoms with van der Waals surface area (Å²) in [7, 11) is 1.93. The van der Waals surface area contributed by atoms with E-state index in [0.29, 0.717) is 6.54 Å². The SMILES string of the molecule is CN(CCO)c1ccc(NC(=O)C2(c3ccccc3)CCC2)cc1. The molecule has 0 heterocycles. The third kappa shape index (κ3) is 3.15. The van der Waals surface area contributed by atoms with Gasteiger partial charge in [0.25, 0.3) is 0 Å². The molecule has 3 rings (SSSR count). The van der Waals surface area contributed by atoms with Crippen LogP contribution in [0.5, 0.6) is 0 Å². The molecule has 2 aromatic carbocycles. The lowest BCUT2D eigenvalue weighted by Gasteiger charge is -2.40. The minimum absolute atomic E-state index is 0.0800. The van der Waals surface area contributed by atoms with Gasteiger partial charge in [-0.05, 0) is 42.7 Å². The highest BCUT2D eigenvalue weighted by Crippen LogP contribution is 2.44. The molecule has 1 aliphatic rings. The van der Waals surface area contributed by atoms with Crippen LogP contribution in [0.2, 0.25) is 0 Å². The third-order valence-corrected chi connectivity index (χ3v) is 4.97. The number of carbonyl (C=O) groups is 1. The summed E-state index contributed by atoms with van der Waals surface area (Å²) in [6, 6.07) is 17.8.